The van der Waals surface area contributed by atoms with Gasteiger partial charge in [-0.1, -0.05) is 11.6 Å². The lowest BCUT2D eigenvalue weighted by atomic mass is 10.2. The van der Waals surface area contributed by atoms with Crippen LogP contribution in [0.25, 0.3) is 0 Å². The number of carbonyl (C=O) groups is 2. The topological polar surface area (TPSA) is 56.8 Å². The van der Waals surface area contributed by atoms with E-state index in [0.29, 0.717) is 30.4 Å². The molecule has 0 radical (unpaired) electrons. The summed E-state index contributed by atoms with van der Waals surface area (Å²) in [5.41, 5.74) is 0.562. The van der Waals surface area contributed by atoms with Crippen LogP contribution >= 0.6 is 11.6 Å². The van der Waals surface area contributed by atoms with Crippen LogP contribution in [0.1, 0.15) is 23.2 Å². The van der Waals surface area contributed by atoms with E-state index >= 15 is 0 Å². The monoisotopic (exact) mass is 336 g/mol. The number of hydrogen-bond acceptors (Lipinski definition) is 4. The average Bonchev–Trinajstić information content (AvgIpc) is 3.09. The fourth-order valence-electron chi connectivity index (χ4n) is 3.08. The van der Waals surface area contributed by atoms with Gasteiger partial charge >= 0.3 is 0 Å². The highest BCUT2D eigenvalue weighted by molar-refractivity contribution is 6.29. The molecule has 6 nitrogen and oxygen atoms in total. The minimum Gasteiger partial charge on any atom is -0.342 e. The summed E-state index contributed by atoms with van der Waals surface area (Å²) in [5.74, 6) is 0.183. The van der Waals surface area contributed by atoms with E-state index in [1.54, 1.807) is 18.3 Å². The van der Waals surface area contributed by atoms with Crippen molar-refractivity contribution < 1.29 is 9.59 Å². The Morgan fingerprint density at radius 3 is 2.39 bits per heavy atom. The van der Waals surface area contributed by atoms with Gasteiger partial charge in [0, 0.05) is 51.0 Å². The van der Waals surface area contributed by atoms with Crippen LogP contribution in [0.15, 0.2) is 18.3 Å². The Labute approximate surface area is 141 Å². The van der Waals surface area contributed by atoms with Gasteiger partial charge in [-0.2, -0.15) is 0 Å². The highest BCUT2D eigenvalue weighted by atomic mass is 35.5. The Balaban J connectivity index is 1.50. The summed E-state index contributed by atoms with van der Waals surface area (Å²) < 4.78 is 0. The molecule has 124 valence electrons. The molecule has 7 heteroatoms. The van der Waals surface area contributed by atoms with Gasteiger partial charge in [0.15, 0.2) is 0 Å². The molecule has 2 amide bonds. The molecule has 0 unspecified atom stereocenters. The fraction of sp³-hybridized carbons (Fsp3) is 0.562. The van der Waals surface area contributed by atoms with Crippen LogP contribution in [0.2, 0.25) is 5.15 Å². The van der Waals surface area contributed by atoms with E-state index in [-0.39, 0.29) is 11.8 Å². The normalized spacial score (nSPS) is 19.2. The number of halogens is 1. The Hall–Kier alpha value is -1.66. The fourth-order valence-corrected chi connectivity index (χ4v) is 3.26. The van der Waals surface area contributed by atoms with Crippen LogP contribution in [-0.4, -0.2) is 77.3 Å². The molecule has 1 aromatic rings. The molecule has 0 bridgehead atoms. The van der Waals surface area contributed by atoms with Gasteiger partial charge < -0.3 is 9.80 Å². The van der Waals surface area contributed by atoms with Gasteiger partial charge in [0.2, 0.25) is 5.91 Å². The van der Waals surface area contributed by atoms with Crippen LogP contribution in [0.3, 0.4) is 0 Å². The quantitative estimate of drug-likeness (QED) is 0.776. The second kappa shape index (κ2) is 7.27. The summed E-state index contributed by atoms with van der Waals surface area (Å²) in [7, 11) is 0. The third-order valence-electron chi connectivity index (χ3n) is 4.45. The van der Waals surface area contributed by atoms with Gasteiger partial charge in [-0.05, 0) is 25.0 Å². The van der Waals surface area contributed by atoms with Crippen LogP contribution in [-0.2, 0) is 4.79 Å². The van der Waals surface area contributed by atoms with E-state index < -0.39 is 0 Å². The largest absolute Gasteiger partial charge is 0.342 e. The van der Waals surface area contributed by atoms with E-state index in [2.05, 4.69) is 9.88 Å². The lowest BCUT2D eigenvalue weighted by Gasteiger charge is -2.35. The first kappa shape index (κ1) is 16.2. The molecule has 0 atom stereocenters. The Kier molecular flexibility index (Phi) is 5.13. The Morgan fingerprint density at radius 2 is 1.74 bits per heavy atom. The van der Waals surface area contributed by atoms with E-state index in [0.717, 1.165) is 39.0 Å². The first-order chi connectivity index (χ1) is 11.1. The van der Waals surface area contributed by atoms with Gasteiger partial charge in [0.25, 0.3) is 5.91 Å². The number of rotatable bonds is 3. The van der Waals surface area contributed by atoms with Crippen molar-refractivity contribution in [3.05, 3.63) is 29.0 Å². The number of nitrogens with zero attached hydrogens (tertiary/aromatic N) is 4. The maximum atomic E-state index is 12.4. The zero-order chi connectivity index (χ0) is 16.2. The second-order valence-electron chi connectivity index (χ2n) is 6.02. The number of hydrogen-bond donors (Lipinski definition) is 0. The number of aromatic nitrogens is 1. The summed E-state index contributed by atoms with van der Waals surface area (Å²) >= 11 is 5.84. The van der Waals surface area contributed by atoms with Crippen molar-refractivity contribution in [1.82, 2.24) is 19.7 Å². The molecule has 0 aromatic carbocycles. The van der Waals surface area contributed by atoms with Crippen LogP contribution in [0, 0.1) is 0 Å². The molecule has 2 aliphatic heterocycles. The second-order valence-corrected chi connectivity index (χ2v) is 6.41. The minimum absolute atomic E-state index is 0.0279. The van der Waals surface area contributed by atoms with Gasteiger partial charge in [-0.25, -0.2) is 4.98 Å². The first-order valence-corrected chi connectivity index (χ1v) is 8.42. The number of carbonyl (C=O) groups excluding carboxylic acids is 2. The maximum Gasteiger partial charge on any atom is 0.254 e. The molecule has 2 aliphatic rings. The summed E-state index contributed by atoms with van der Waals surface area (Å²) in [6.07, 6.45) is 3.77. The third kappa shape index (κ3) is 4.00. The van der Waals surface area contributed by atoms with Gasteiger partial charge in [-0.3, -0.25) is 14.5 Å². The van der Waals surface area contributed by atoms with Crippen LogP contribution in [0.4, 0.5) is 0 Å². The van der Waals surface area contributed by atoms with E-state index in [9.17, 15) is 9.59 Å². The third-order valence-corrected chi connectivity index (χ3v) is 4.66. The molecule has 0 N–H and O–H groups in total. The molecule has 0 aliphatic carbocycles. The van der Waals surface area contributed by atoms with Gasteiger partial charge in [0.1, 0.15) is 5.15 Å². The summed E-state index contributed by atoms with van der Waals surface area (Å²) in [4.78, 5) is 34.4. The Bertz CT molecular complexity index is 581. The predicted octanol–water partition coefficient (Wildman–Crippen LogP) is 1.12. The minimum atomic E-state index is -0.0279. The zero-order valence-corrected chi connectivity index (χ0v) is 13.8. The summed E-state index contributed by atoms with van der Waals surface area (Å²) in [5, 5.41) is 0.325. The molecule has 23 heavy (non-hydrogen) atoms. The van der Waals surface area contributed by atoms with Crippen molar-refractivity contribution in [3.8, 4) is 0 Å². The number of amides is 2. The molecule has 1 aromatic heterocycles. The lowest BCUT2D eigenvalue weighted by molar-refractivity contribution is -0.131. The lowest BCUT2D eigenvalue weighted by Crippen LogP contribution is -2.51. The number of pyridine rings is 1. The van der Waals surface area contributed by atoms with E-state index in [1.807, 2.05) is 9.80 Å². The Morgan fingerprint density at radius 1 is 1.04 bits per heavy atom. The molecular formula is C16H21ClN4O2. The summed E-state index contributed by atoms with van der Waals surface area (Å²) in [6.45, 7) is 4.95. The van der Waals surface area contributed by atoms with Crippen molar-refractivity contribution in [2.24, 2.45) is 0 Å². The van der Waals surface area contributed by atoms with Crippen LogP contribution < -0.4 is 0 Å². The number of piperazine rings is 1. The molecule has 3 rings (SSSR count). The van der Waals surface area contributed by atoms with E-state index in [1.165, 1.54) is 0 Å². The highest BCUT2D eigenvalue weighted by Gasteiger charge is 2.25. The molecular weight excluding hydrogens is 316 g/mol. The van der Waals surface area contributed by atoms with Crippen molar-refractivity contribution >= 4 is 23.4 Å². The van der Waals surface area contributed by atoms with Gasteiger partial charge in [0.05, 0.1) is 6.54 Å². The van der Waals surface area contributed by atoms with E-state index in [4.69, 9.17) is 11.6 Å². The average molecular weight is 337 g/mol. The summed E-state index contributed by atoms with van der Waals surface area (Å²) in [6, 6.07) is 3.27. The predicted molar refractivity (Wildman–Crippen MR) is 87.4 cm³/mol. The van der Waals surface area contributed by atoms with Crippen molar-refractivity contribution in [2.75, 3.05) is 45.8 Å². The first-order valence-electron chi connectivity index (χ1n) is 8.04. The zero-order valence-electron chi connectivity index (χ0n) is 13.1. The SMILES string of the molecule is O=C(CN1CCN(C(=O)c2ccnc(Cl)c2)CC1)N1CCCC1. The molecule has 2 saturated heterocycles. The maximum absolute atomic E-state index is 12.4. The van der Waals surface area contributed by atoms with Crippen molar-refractivity contribution in [2.45, 2.75) is 12.8 Å². The standard InChI is InChI=1S/C16H21ClN4O2/c17-14-11-13(3-4-18-14)16(23)21-9-7-19(8-10-21)12-15(22)20-5-1-2-6-20/h3-4,11H,1-2,5-10,12H2. The highest BCUT2D eigenvalue weighted by Crippen LogP contribution is 2.13. The molecule has 0 spiro atoms. The molecule has 2 fully saturated rings. The van der Waals surface area contributed by atoms with Crippen molar-refractivity contribution in [1.29, 1.82) is 0 Å². The number of likely N-dealkylation sites (tertiary alicyclic amines) is 1. The van der Waals surface area contributed by atoms with Gasteiger partial charge in [-0.15, -0.1) is 0 Å². The smallest absolute Gasteiger partial charge is 0.254 e. The molecule has 3 heterocycles. The van der Waals surface area contributed by atoms with Crippen LogP contribution in [0.5, 0.6) is 0 Å². The molecule has 0 saturated carbocycles. The van der Waals surface area contributed by atoms with Crippen molar-refractivity contribution in [3.63, 3.8) is 0 Å².